The normalized spacial score (nSPS) is 11.1. The van der Waals surface area contributed by atoms with E-state index in [1.54, 1.807) is 0 Å². The van der Waals surface area contributed by atoms with Crippen LogP contribution in [-0.2, 0) is 6.42 Å². The molecule has 0 aliphatic rings. The fraction of sp³-hybridized carbons (Fsp3) is 0.652. The maximum Gasteiger partial charge on any atom is 0.129 e. The third-order valence-corrected chi connectivity index (χ3v) is 5.21. The molecule has 2 heteroatoms. The van der Waals surface area contributed by atoms with Crippen molar-refractivity contribution in [2.24, 2.45) is 0 Å². The van der Waals surface area contributed by atoms with E-state index in [9.17, 15) is 0 Å². The van der Waals surface area contributed by atoms with Gasteiger partial charge in [-0.1, -0.05) is 77.9 Å². The number of unbranched alkanes of at least 4 members (excludes halogenated alkanes) is 6. The summed E-state index contributed by atoms with van der Waals surface area (Å²) in [6.45, 7) is 12.6. The molecule has 0 amide bonds. The molecule has 0 radical (unpaired) electrons. The molecule has 0 aromatic heterocycles. The van der Waals surface area contributed by atoms with Crippen molar-refractivity contribution >= 4 is 13.8 Å². The largest absolute Gasteiger partial charge is 0.385 e. The predicted molar refractivity (Wildman–Crippen MR) is 117 cm³/mol. The van der Waals surface area contributed by atoms with E-state index >= 15 is 0 Å². The molecule has 25 heavy (non-hydrogen) atoms. The first-order valence-corrected chi connectivity index (χ1v) is 13.9. The van der Waals surface area contributed by atoms with Crippen LogP contribution in [-0.4, -0.2) is 14.6 Å². The van der Waals surface area contributed by atoms with E-state index in [0.717, 1.165) is 13.0 Å². The molecule has 0 unspecified atom stereocenters. The van der Waals surface area contributed by atoms with Gasteiger partial charge in [0, 0.05) is 17.8 Å². The van der Waals surface area contributed by atoms with Crippen LogP contribution in [0.3, 0.4) is 0 Å². The number of anilines is 1. The van der Waals surface area contributed by atoms with Crippen molar-refractivity contribution in [3.05, 3.63) is 29.3 Å². The molecule has 0 spiro atoms. The molecule has 0 saturated carbocycles. The Kier molecular flexibility index (Phi) is 10.7. The van der Waals surface area contributed by atoms with Crippen LogP contribution in [0, 0.1) is 11.5 Å². The van der Waals surface area contributed by atoms with Gasteiger partial charge in [0.25, 0.3) is 0 Å². The van der Waals surface area contributed by atoms with Gasteiger partial charge in [-0.3, -0.25) is 0 Å². The fourth-order valence-corrected chi connectivity index (χ4v) is 3.32. The Balaban J connectivity index is 2.76. The lowest BCUT2D eigenvalue weighted by Gasteiger charge is -2.11. The van der Waals surface area contributed by atoms with Gasteiger partial charge in [0.15, 0.2) is 0 Å². The molecular formula is C23H39NSi. The Morgan fingerprint density at radius 2 is 1.56 bits per heavy atom. The Labute approximate surface area is 158 Å². The molecule has 0 aliphatic carbocycles. The van der Waals surface area contributed by atoms with Crippen molar-refractivity contribution in [1.29, 1.82) is 0 Å². The van der Waals surface area contributed by atoms with Crippen LogP contribution < -0.4 is 5.32 Å². The highest BCUT2D eigenvalue weighted by atomic mass is 28.3. The van der Waals surface area contributed by atoms with Crippen molar-refractivity contribution in [1.82, 2.24) is 0 Å². The number of aryl methyl sites for hydroxylation is 1. The van der Waals surface area contributed by atoms with Crippen LogP contribution in [0.4, 0.5) is 5.69 Å². The summed E-state index contributed by atoms with van der Waals surface area (Å²) in [4.78, 5) is 0. The molecule has 0 fully saturated rings. The molecule has 1 aromatic rings. The van der Waals surface area contributed by atoms with Gasteiger partial charge in [-0.2, -0.15) is 0 Å². The summed E-state index contributed by atoms with van der Waals surface area (Å²) in [7, 11) is -1.33. The minimum atomic E-state index is -1.33. The van der Waals surface area contributed by atoms with E-state index < -0.39 is 8.07 Å². The summed E-state index contributed by atoms with van der Waals surface area (Å²) >= 11 is 0. The molecule has 0 saturated heterocycles. The molecule has 1 nitrogen and oxygen atoms in total. The minimum Gasteiger partial charge on any atom is -0.385 e. The topological polar surface area (TPSA) is 12.0 Å². The second-order valence-corrected chi connectivity index (χ2v) is 12.9. The highest BCUT2D eigenvalue weighted by molar-refractivity contribution is 6.83. The molecule has 0 bridgehead atoms. The van der Waals surface area contributed by atoms with Gasteiger partial charge in [-0.05, 0) is 43.0 Å². The zero-order chi connectivity index (χ0) is 18.5. The van der Waals surface area contributed by atoms with Crippen LogP contribution >= 0.6 is 0 Å². The quantitative estimate of drug-likeness (QED) is 0.254. The molecule has 0 atom stereocenters. The van der Waals surface area contributed by atoms with Crippen molar-refractivity contribution < 1.29 is 0 Å². The van der Waals surface area contributed by atoms with E-state index in [0.29, 0.717) is 0 Å². The summed E-state index contributed by atoms with van der Waals surface area (Å²) in [5.41, 5.74) is 7.48. The monoisotopic (exact) mass is 357 g/mol. The molecular weight excluding hydrogens is 318 g/mol. The second kappa shape index (κ2) is 12.2. The van der Waals surface area contributed by atoms with Gasteiger partial charge in [0.2, 0.25) is 0 Å². The lowest BCUT2D eigenvalue weighted by Crippen LogP contribution is -2.16. The predicted octanol–water partition coefficient (Wildman–Crippen LogP) is 7.03. The van der Waals surface area contributed by atoms with Crippen molar-refractivity contribution in [2.75, 3.05) is 11.9 Å². The Bertz CT molecular complexity index is 545. The zero-order valence-corrected chi connectivity index (χ0v) is 18.3. The second-order valence-electron chi connectivity index (χ2n) is 8.17. The summed E-state index contributed by atoms with van der Waals surface area (Å²) in [6.07, 6.45) is 11.6. The standard InChI is InChI=1S/C23H39NSi/c1-6-8-10-12-14-22-20-23(24-18-13-11-9-7-2)16-15-21(22)17-19-25(3,4)5/h15-16,20,24H,6-14,18H2,1-5H3. The van der Waals surface area contributed by atoms with Crippen LogP contribution in [0.15, 0.2) is 18.2 Å². The van der Waals surface area contributed by atoms with Gasteiger partial charge >= 0.3 is 0 Å². The first-order valence-electron chi connectivity index (χ1n) is 10.4. The number of benzene rings is 1. The smallest absolute Gasteiger partial charge is 0.129 e. The van der Waals surface area contributed by atoms with Crippen molar-refractivity contribution in [3.8, 4) is 11.5 Å². The van der Waals surface area contributed by atoms with Gasteiger partial charge < -0.3 is 5.32 Å². The third kappa shape index (κ3) is 10.4. The Hall–Kier alpha value is -1.20. The maximum atomic E-state index is 3.61. The van der Waals surface area contributed by atoms with Crippen LogP contribution in [0.25, 0.3) is 0 Å². The van der Waals surface area contributed by atoms with Crippen LogP contribution in [0.5, 0.6) is 0 Å². The van der Waals surface area contributed by atoms with Crippen LogP contribution in [0.2, 0.25) is 19.6 Å². The van der Waals surface area contributed by atoms with E-state index in [1.807, 2.05) is 0 Å². The first kappa shape index (κ1) is 21.8. The summed E-state index contributed by atoms with van der Waals surface area (Å²) in [5, 5.41) is 3.61. The lowest BCUT2D eigenvalue weighted by atomic mass is 10.0. The van der Waals surface area contributed by atoms with Gasteiger partial charge in [0.1, 0.15) is 8.07 Å². The fourth-order valence-electron chi connectivity index (χ4n) is 2.81. The molecule has 0 heterocycles. The zero-order valence-electron chi connectivity index (χ0n) is 17.3. The number of nitrogens with one attached hydrogen (secondary N) is 1. The number of hydrogen-bond donors (Lipinski definition) is 1. The Morgan fingerprint density at radius 1 is 0.880 bits per heavy atom. The summed E-state index contributed by atoms with van der Waals surface area (Å²) in [6, 6.07) is 6.79. The van der Waals surface area contributed by atoms with E-state index in [1.165, 1.54) is 68.2 Å². The van der Waals surface area contributed by atoms with E-state index in [-0.39, 0.29) is 0 Å². The van der Waals surface area contributed by atoms with E-state index in [4.69, 9.17) is 0 Å². The number of rotatable bonds is 11. The highest BCUT2D eigenvalue weighted by Gasteiger charge is 2.09. The van der Waals surface area contributed by atoms with Gasteiger partial charge in [-0.15, -0.1) is 5.54 Å². The van der Waals surface area contributed by atoms with Gasteiger partial charge in [0.05, 0.1) is 0 Å². The van der Waals surface area contributed by atoms with E-state index in [2.05, 4.69) is 68.5 Å². The average Bonchev–Trinajstić information content (AvgIpc) is 2.57. The SMILES string of the molecule is CCCCCCNc1ccc(C#C[Si](C)(C)C)c(CCCCCC)c1. The highest BCUT2D eigenvalue weighted by Crippen LogP contribution is 2.19. The summed E-state index contributed by atoms with van der Waals surface area (Å²) in [5.74, 6) is 3.49. The molecule has 1 aromatic carbocycles. The summed E-state index contributed by atoms with van der Waals surface area (Å²) < 4.78 is 0. The molecule has 1 N–H and O–H groups in total. The van der Waals surface area contributed by atoms with Crippen LogP contribution in [0.1, 0.15) is 76.3 Å². The molecule has 1 rings (SSSR count). The molecule has 0 aliphatic heterocycles. The Morgan fingerprint density at radius 3 is 2.20 bits per heavy atom. The van der Waals surface area contributed by atoms with Crippen molar-refractivity contribution in [2.45, 2.75) is 91.3 Å². The van der Waals surface area contributed by atoms with Gasteiger partial charge in [-0.25, -0.2) is 0 Å². The molecule has 140 valence electrons. The number of hydrogen-bond acceptors (Lipinski definition) is 1. The first-order chi connectivity index (χ1) is 12.0. The van der Waals surface area contributed by atoms with Crippen molar-refractivity contribution in [3.63, 3.8) is 0 Å². The maximum absolute atomic E-state index is 3.61. The lowest BCUT2D eigenvalue weighted by molar-refractivity contribution is 0.666. The average molecular weight is 358 g/mol. The third-order valence-electron chi connectivity index (χ3n) is 4.34. The minimum absolute atomic E-state index is 1.08.